The largest absolute Gasteiger partial charge is 0.508 e. The van der Waals surface area contributed by atoms with E-state index in [0.717, 1.165) is 10.5 Å². The van der Waals surface area contributed by atoms with Crippen LogP contribution in [-0.2, 0) is 16.1 Å². The molecule has 7 heteroatoms. The summed E-state index contributed by atoms with van der Waals surface area (Å²) in [5.74, 6) is -0.300. The molecule has 2 amide bonds. The van der Waals surface area contributed by atoms with Crippen LogP contribution in [0, 0.1) is 0 Å². The number of carbonyl (C=O) groups is 2. The van der Waals surface area contributed by atoms with E-state index in [2.05, 4.69) is 10.5 Å². The molecule has 0 heterocycles. The van der Waals surface area contributed by atoms with Crippen LogP contribution in [0.1, 0.15) is 11.1 Å². The van der Waals surface area contributed by atoms with Crippen LogP contribution in [0.3, 0.4) is 0 Å². The molecule has 0 saturated carbocycles. The van der Waals surface area contributed by atoms with Crippen LogP contribution in [0.2, 0.25) is 0 Å². The van der Waals surface area contributed by atoms with Crippen molar-refractivity contribution in [3.63, 3.8) is 0 Å². The molecule has 0 aliphatic rings. The molecular weight excluding hydrogens is 322 g/mol. The van der Waals surface area contributed by atoms with Crippen molar-refractivity contribution in [3.05, 3.63) is 65.7 Å². The molecule has 25 heavy (non-hydrogen) atoms. The molecule has 0 radical (unpaired) electrons. The average molecular weight is 341 g/mol. The predicted octanol–water partition coefficient (Wildman–Crippen LogP) is 2.11. The Morgan fingerprint density at radius 1 is 1.16 bits per heavy atom. The smallest absolute Gasteiger partial charge is 0.410 e. The van der Waals surface area contributed by atoms with Gasteiger partial charge in [-0.15, -0.1) is 0 Å². The normalized spacial score (nSPS) is 10.4. The summed E-state index contributed by atoms with van der Waals surface area (Å²) in [7, 11) is 1.47. The molecule has 0 fully saturated rings. The summed E-state index contributed by atoms with van der Waals surface area (Å²) < 4.78 is 5.12. The van der Waals surface area contributed by atoms with Gasteiger partial charge in [-0.25, -0.2) is 10.2 Å². The molecule has 0 bridgehead atoms. The number of phenolic OH excluding ortho intramolecular Hbond substituents is 1. The zero-order valence-corrected chi connectivity index (χ0v) is 13.8. The highest BCUT2D eigenvalue weighted by molar-refractivity contribution is 5.84. The van der Waals surface area contributed by atoms with Crippen LogP contribution in [0.5, 0.6) is 5.75 Å². The maximum atomic E-state index is 11.8. The average Bonchev–Trinajstić information content (AvgIpc) is 2.62. The van der Waals surface area contributed by atoms with Crippen LogP contribution >= 0.6 is 0 Å². The van der Waals surface area contributed by atoms with Crippen molar-refractivity contribution in [2.45, 2.75) is 6.61 Å². The quantitative estimate of drug-likeness (QED) is 0.622. The minimum atomic E-state index is -0.596. The molecule has 0 atom stereocenters. The molecule has 7 nitrogen and oxygen atoms in total. The van der Waals surface area contributed by atoms with Gasteiger partial charge >= 0.3 is 6.09 Å². The van der Waals surface area contributed by atoms with E-state index in [4.69, 9.17) is 4.74 Å². The van der Waals surface area contributed by atoms with Crippen molar-refractivity contribution < 1.29 is 19.4 Å². The number of rotatable bonds is 6. The lowest BCUT2D eigenvalue weighted by molar-refractivity contribution is -0.121. The highest BCUT2D eigenvalue weighted by Gasteiger charge is 2.13. The van der Waals surface area contributed by atoms with Gasteiger partial charge in [0, 0.05) is 7.05 Å². The second-order valence-corrected chi connectivity index (χ2v) is 5.28. The van der Waals surface area contributed by atoms with E-state index in [9.17, 15) is 14.7 Å². The maximum Gasteiger partial charge on any atom is 0.410 e. The topological polar surface area (TPSA) is 91.2 Å². The Balaban J connectivity index is 1.73. The predicted molar refractivity (Wildman–Crippen MR) is 93.1 cm³/mol. The first kappa shape index (κ1) is 18.0. The third-order valence-corrected chi connectivity index (χ3v) is 3.19. The van der Waals surface area contributed by atoms with E-state index in [-0.39, 0.29) is 18.9 Å². The number of hydrogen-bond donors (Lipinski definition) is 2. The lowest BCUT2D eigenvalue weighted by Crippen LogP contribution is -2.36. The van der Waals surface area contributed by atoms with Crippen molar-refractivity contribution in [2.24, 2.45) is 5.10 Å². The second-order valence-electron chi connectivity index (χ2n) is 5.28. The van der Waals surface area contributed by atoms with Crippen LogP contribution in [0.25, 0.3) is 0 Å². The Morgan fingerprint density at radius 2 is 1.84 bits per heavy atom. The van der Waals surface area contributed by atoms with Gasteiger partial charge in [-0.2, -0.15) is 5.10 Å². The molecule has 0 saturated heterocycles. The van der Waals surface area contributed by atoms with E-state index in [0.29, 0.717) is 5.56 Å². The lowest BCUT2D eigenvalue weighted by atomic mass is 10.2. The lowest BCUT2D eigenvalue weighted by Gasteiger charge is -2.15. The van der Waals surface area contributed by atoms with Crippen molar-refractivity contribution in [3.8, 4) is 5.75 Å². The van der Waals surface area contributed by atoms with Gasteiger partial charge in [-0.05, 0) is 35.4 Å². The SMILES string of the molecule is CN(CC(=O)N/N=C/c1ccc(O)cc1)C(=O)OCc1ccccc1. The number of carbonyl (C=O) groups excluding carboxylic acids is 2. The van der Waals surface area contributed by atoms with Crippen LogP contribution in [0.4, 0.5) is 4.79 Å². The Hall–Kier alpha value is -3.35. The molecule has 0 aromatic heterocycles. The van der Waals surface area contributed by atoms with Gasteiger partial charge in [0.25, 0.3) is 5.91 Å². The minimum Gasteiger partial charge on any atom is -0.508 e. The summed E-state index contributed by atoms with van der Waals surface area (Å²) in [6, 6.07) is 15.6. The van der Waals surface area contributed by atoms with E-state index in [1.807, 2.05) is 30.3 Å². The van der Waals surface area contributed by atoms with Crippen molar-refractivity contribution in [1.29, 1.82) is 0 Å². The molecule has 0 aliphatic heterocycles. The third kappa shape index (κ3) is 6.34. The number of phenols is 1. The summed E-state index contributed by atoms with van der Waals surface area (Å²) in [6.45, 7) is -0.0365. The first-order chi connectivity index (χ1) is 12.0. The molecule has 0 aliphatic carbocycles. The van der Waals surface area contributed by atoms with Crippen molar-refractivity contribution >= 4 is 18.2 Å². The number of nitrogens with one attached hydrogen (secondary N) is 1. The number of aromatic hydroxyl groups is 1. The van der Waals surface area contributed by atoms with Crippen molar-refractivity contribution in [1.82, 2.24) is 10.3 Å². The summed E-state index contributed by atoms with van der Waals surface area (Å²) in [6.07, 6.45) is 0.840. The van der Waals surface area contributed by atoms with Gasteiger partial charge in [0.05, 0.1) is 6.21 Å². The fourth-order valence-electron chi connectivity index (χ4n) is 1.88. The van der Waals surface area contributed by atoms with E-state index >= 15 is 0 Å². The first-order valence-electron chi connectivity index (χ1n) is 7.57. The Morgan fingerprint density at radius 3 is 2.52 bits per heavy atom. The molecule has 2 rings (SSSR count). The highest BCUT2D eigenvalue weighted by atomic mass is 16.6. The number of hydrazone groups is 1. The Kier molecular flexibility index (Phi) is 6.53. The summed E-state index contributed by atoms with van der Waals surface area (Å²) in [5, 5.41) is 13.0. The second kappa shape index (κ2) is 9.07. The van der Waals surface area contributed by atoms with E-state index in [1.54, 1.807) is 12.1 Å². The molecule has 2 N–H and O–H groups in total. The monoisotopic (exact) mass is 341 g/mol. The molecule has 0 unspecified atom stereocenters. The van der Waals surface area contributed by atoms with E-state index in [1.165, 1.54) is 25.4 Å². The van der Waals surface area contributed by atoms with Gasteiger partial charge in [-0.1, -0.05) is 30.3 Å². The molecule has 0 spiro atoms. The van der Waals surface area contributed by atoms with Crippen LogP contribution < -0.4 is 5.43 Å². The number of nitrogens with zero attached hydrogens (tertiary/aromatic N) is 2. The number of benzene rings is 2. The standard InChI is InChI=1S/C18H19N3O4/c1-21(18(24)25-13-15-5-3-2-4-6-15)12-17(23)20-19-11-14-7-9-16(22)10-8-14/h2-11,22H,12-13H2,1H3,(H,20,23)/b19-11+. The van der Waals surface area contributed by atoms with Crippen molar-refractivity contribution in [2.75, 3.05) is 13.6 Å². The number of amides is 2. The zero-order chi connectivity index (χ0) is 18.1. The van der Waals surface area contributed by atoms with E-state index < -0.39 is 12.0 Å². The molecular formula is C18H19N3O4. The van der Waals surface area contributed by atoms with Gasteiger partial charge in [-0.3, -0.25) is 4.79 Å². The third-order valence-electron chi connectivity index (χ3n) is 3.19. The fraction of sp³-hybridized carbons (Fsp3) is 0.167. The van der Waals surface area contributed by atoms with Gasteiger partial charge in [0.2, 0.25) is 0 Å². The summed E-state index contributed by atoms with van der Waals surface area (Å²) >= 11 is 0. The minimum absolute atomic E-state index is 0.143. The zero-order valence-electron chi connectivity index (χ0n) is 13.8. The summed E-state index contributed by atoms with van der Waals surface area (Å²) in [5.41, 5.74) is 3.91. The Bertz CT molecular complexity index is 730. The molecule has 2 aromatic rings. The maximum absolute atomic E-state index is 11.8. The highest BCUT2D eigenvalue weighted by Crippen LogP contribution is 2.07. The molecule has 2 aromatic carbocycles. The number of likely N-dealkylation sites (N-methyl/N-ethyl adjacent to an activating group) is 1. The number of hydrogen-bond acceptors (Lipinski definition) is 5. The fourth-order valence-corrected chi connectivity index (χ4v) is 1.88. The van der Waals surface area contributed by atoms with Gasteiger partial charge in [0.15, 0.2) is 0 Å². The van der Waals surface area contributed by atoms with Crippen LogP contribution in [0.15, 0.2) is 59.7 Å². The first-order valence-corrected chi connectivity index (χ1v) is 7.57. The van der Waals surface area contributed by atoms with Crippen LogP contribution in [-0.4, -0.2) is 41.8 Å². The Labute approximate surface area is 145 Å². The van der Waals surface area contributed by atoms with Gasteiger partial charge < -0.3 is 14.7 Å². The molecule has 130 valence electrons. The summed E-state index contributed by atoms with van der Waals surface area (Å²) in [4.78, 5) is 24.8. The van der Waals surface area contributed by atoms with Gasteiger partial charge in [0.1, 0.15) is 18.9 Å². The number of ether oxygens (including phenoxy) is 1.